The summed E-state index contributed by atoms with van der Waals surface area (Å²) in [6.45, 7) is 8.29. The van der Waals surface area contributed by atoms with E-state index in [2.05, 4.69) is 32.6 Å². The molecule has 1 aliphatic rings. The van der Waals surface area contributed by atoms with E-state index < -0.39 is 11.7 Å². The van der Waals surface area contributed by atoms with Crippen LogP contribution in [0.3, 0.4) is 0 Å². The number of piperazine rings is 1. The van der Waals surface area contributed by atoms with Crippen molar-refractivity contribution in [2.75, 3.05) is 13.1 Å². The first-order valence-corrected chi connectivity index (χ1v) is 5.47. The van der Waals surface area contributed by atoms with E-state index >= 15 is 0 Å². The lowest BCUT2D eigenvalue weighted by Crippen LogP contribution is -2.55. The summed E-state index contributed by atoms with van der Waals surface area (Å²) in [6.07, 6.45) is 0. The van der Waals surface area contributed by atoms with Crippen molar-refractivity contribution < 1.29 is 9.18 Å². The summed E-state index contributed by atoms with van der Waals surface area (Å²) in [5.74, 6) is -1.44. The van der Waals surface area contributed by atoms with Gasteiger partial charge in [-0.3, -0.25) is 4.79 Å². The number of hydrogen-bond acceptors (Lipinski definition) is 2. The number of amides is 1. The third-order valence-corrected chi connectivity index (χ3v) is 3.75. The van der Waals surface area contributed by atoms with Gasteiger partial charge in [0.05, 0.1) is 0 Å². The molecule has 0 aromatic carbocycles. The Balaban J connectivity index is 2.70. The molecule has 0 aliphatic carbocycles. The number of rotatable bonds is 1. The van der Waals surface area contributed by atoms with Gasteiger partial charge in [0.25, 0.3) is 5.91 Å². The van der Waals surface area contributed by atoms with Crippen LogP contribution < -0.4 is 0 Å². The molecule has 80 valence electrons. The third kappa shape index (κ3) is 2.44. The number of carbonyl (C=O) groups is 1. The van der Waals surface area contributed by atoms with Crippen molar-refractivity contribution in [1.29, 1.82) is 0 Å². The molecule has 0 spiro atoms. The van der Waals surface area contributed by atoms with E-state index in [0.717, 1.165) is 6.54 Å². The molecule has 0 radical (unpaired) electrons. The first kappa shape index (κ1) is 11.9. The van der Waals surface area contributed by atoms with Gasteiger partial charge in [-0.25, -0.2) is 7.50 Å². The fourth-order valence-corrected chi connectivity index (χ4v) is 2.27. The molecule has 0 N–H and O–H groups in total. The van der Waals surface area contributed by atoms with Crippen molar-refractivity contribution in [3.05, 3.63) is 12.4 Å². The molecule has 1 fully saturated rings. The van der Waals surface area contributed by atoms with Gasteiger partial charge in [-0.1, -0.05) is 6.58 Å². The average molecular weight is 312 g/mol. The Hall–Kier alpha value is -0.170. The average Bonchev–Trinajstić information content (AvgIpc) is 2.10. The molecule has 0 unspecified atom stereocenters. The van der Waals surface area contributed by atoms with Crippen LogP contribution in [0.5, 0.6) is 0 Å². The summed E-state index contributed by atoms with van der Waals surface area (Å²) in [5, 5.41) is 0. The summed E-state index contributed by atoms with van der Waals surface area (Å²) in [7, 11) is 0. The standard InChI is InChI=1S/C9H14FIN2O/c1-6-5-13(11)7(2)4-12(6)9(14)8(3)10/h6-7H,3-5H2,1-2H3/t6-,7+/m1/s1. The molecule has 1 saturated heterocycles. The largest absolute Gasteiger partial charge is 0.331 e. The Labute approximate surface area is 97.4 Å². The van der Waals surface area contributed by atoms with Crippen LogP contribution >= 0.6 is 22.9 Å². The maximum Gasteiger partial charge on any atom is 0.282 e. The van der Waals surface area contributed by atoms with Gasteiger partial charge in [-0.05, 0) is 13.8 Å². The summed E-state index contributed by atoms with van der Waals surface area (Å²) in [5.41, 5.74) is 0. The van der Waals surface area contributed by atoms with E-state index in [4.69, 9.17) is 0 Å². The van der Waals surface area contributed by atoms with Gasteiger partial charge in [0.1, 0.15) is 0 Å². The van der Waals surface area contributed by atoms with E-state index in [0.29, 0.717) is 6.54 Å². The smallest absolute Gasteiger partial charge is 0.282 e. The number of carbonyl (C=O) groups excluding carboxylic acids is 1. The second kappa shape index (κ2) is 4.57. The molecule has 1 heterocycles. The highest BCUT2D eigenvalue weighted by molar-refractivity contribution is 14.1. The summed E-state index contributed by atoms with van der Waals surface area (Å²) in [6, 6.07) is 0.304. The molecule has 0 aromatic rings. The topological polar surface area (TPSA) is 23.6 Å². The molecule has 1 amide bonds. The van der Waals surface area contributed by atoms with Crippen LogP contribution in [0.2, 0.25) is 0 Å². The Morgan fingerprint density at radius 1 is 1.43 bits per heavy atom. The van der Waals surface area contributed by atoms with Gasteiger partial charge in [0.2, 0.25) is 0 Å². The van der Waals surface area contributed by atoms with Crippen LogP contribution in [-0.4, -0.2) is 39.1 Å². The Kier molecular flexibility index (Phi) is 3.88. The van der Waals surface area contributed by atoms with Crippen LogP contribution in [0, 0.1) is 0 Å². The maximum atomic E-state index is 12.7. The van der Waals surface area contributed by atoms with Gasteiger partial charge in [0, 0.05) is 48.0 Å². The zero-order valence-corrected chi connectivity index (χ0v) is 10.5. The quantitative estimate of drug-likeness (QED) is 0.418. The SMILES string of the molecule is C=C(F)C(=O)N1C[C@H](C)N(I)C[C@H]1C. The van der Waals surface area contributed by atoms with Crippen LogP contribution in [0.1, 0.15) is 13.8 Å². The molecule has 14 heavy (non-hydrogen) atoms. The highest BCUT2D eigenvalue weighted by Gasteiger charge is 2.31. The van der Waals surface area contributed by atoms with Crippen LogP contribution in [0.25, 0.3) is 0 Å². The second-order valence-corrected chi connectivity index (χ2v) is 4.88. The van der Waals surface area contributed by atoms with E-state index in [1.54, 1.807) is 4.90 Å². The minimum absolute atomic E-state index is 0.0445. The molecule has 3 nitrogen and oxygen atoms in total. The van der Waals surface area contributed by atoms with Gasteiger partial charge in [-0.15, -0.1) is 0 Å². The fourth-order valence-electron chi connectivity index (χ4n) is 1.52. The molecule has 0 bridgehead atoms. The Bertz CT molecular complexity index is 259. The third-order valence-electron chi connectivity index (χ3n) is 2.40. The van der Waals surface area contributed by atoms with Crippen LogP contribution in [0.4, 0.5) is 4.39 Å². The zero-order valence-electron chi connectivity index (χ0n) is 8.33. The molecular formula is C9H14FIN2O. The number of nitrogens with zero attached hydrogens (tertiary/aromatic N) is 2. The van der Waals surface area contributed by atoms with Gasteiger partial charge < -0.3 is 4.90 Å². The predicted molar refractivity (Wildman–Crippen MR) is 61.6 cm³/mol. The lowest BCUT2D eigenvalue weighted by atomic mass is 10.1. The van der Waals surface area contributed by atoms with Crippen molar-refractivity contribution in [2.45, 2.75) is 25.9 Å². The Morgan fingerprint density at radius 2 is 2.00 bits per heavy atom. The highest BCUT2D eigenvalue weighted by atomic mass is 127. The highest BCUT2D eigenvalue weighted by Crippen LogP contribution is 2.20. The minimum Gasteiger partial charge on any atom is -0.331 e. The normalized spacial score (nSPS) is 29.0. The molecule has 0 saturated carbocycles. The number of halogens is 2. The van der Waals surface area contributed by atoms with Crippen molar-refractivity contribution in [3.8, 4) is 0 Å². The molecule has 2 atom stereocenters. The van der Waals surface area contributed by atoms with Crippen LogP contribution in [0.15, 0.2) is 12.4 Å². The first-order valence-electron chi connectivity index (χ1n) is 4.51. The maximum absolute atomic E-state index is 12.7. The zero-order chi connectivity index (χ0) is 10.9. The van der Waals surface area contributed by atoms with Gasteiger partial charge in [0.15, 0.2) is 5.83 Å². The molecular weight excluding hydrogens is 298 g/mol. The van der Waals surface area contributed by atoms with Crippen molar-refractivity contribution in [2.24, 2.45) is 0 Å². The van der Waals surface area contributed by atoms with E-state index in [1.807, 2.05) is 13.8 Å². The van der Waals surface area contributed by atoms with Crippen molar-refractivity contribution in [1.82, 2.24) is 8.01 Å². The van der Waals surface area contributed by atoms with E-state index in [1.165, 1.54) is 0 Å². The van der Waals surface area contributed by atoms with Crippen LogP contribution in [-0.2, 0) is 4.79 Å². The molecule has 5 heteroatoms. The summed E-state index contributed by atoms with van der Waals surface area (Å²) < 4.78 is 14.8. The van der Waals surface area contributed by atoms with E-state index in [9.17, 15) is 9.18 Å². The van der Waals surface area contributed by atoms with E-state index in [-0.39, 0.29) is 12.1 Å². The van der Waals surface area contributed by atoms with Gasteiger partial charge >= 0.3 is 0 Å². The van der Waals surface area contributed by atoms with Crippen molar-refractivity contribution >= 4 is 28.8 Å². The summed E-state index contributed by atoms with van der Waals surface area (Å²) >= 11 is 2.23. The molecule has 1 rings (SSSR count). The second-order valence-electron chi connectivity index (χ2n) is 3.64. The monoisotopic (exact) mass is 312 g/mol. The number of hydrogen-bond donors (Lipinski definition) is 0. The lowest BCUT2D eigenvalue weighted by molar-refractivity contribution is -0.132. The molecule has 1 aliphatic heterocycles. The lowest BCUT2D eigenvalue weighted by Gasteiger charge is -2.40. The molecule has 0 aromatic heterocycles. The summed E-state index contributed by atoms with van der Waals surface area (Å²) in [4.78, 5) is 12.9. The fraction of sp³-hybridized carbons (Fsp3) is 0.667. The minimum atomic E-state index is -0.869. The first-order chi connectivity index (χ1) is 6.43. The Morgan fingerprint density at radius 3 is 2.50 bits per heavy atom. The predicted octanol–water partition coefficient (Wildman–Crippen LogP) is 1.74. The van der Waals surface area contributed by atoms with Gasteiger partial charge in [-0.2, -0.15) is 0 Å². The van der Waals surface area contributed by atoms with Crippen molar-refractivity contribution in [3.63, 3.8) is 0 Å².